The van der Waals surface area contributed by atoms with Crippen molar-refractivity contribution in [3.63, 3.8) is 0 Å². The zero-order valence-corrected chi connectivity index (χ0v) is 22.1. The van der Waals surface area contributed by atoms with E-state index in [0.717, 1.165) is 31.1 Å². The van der Waals surface area contributed by atoms with Crippen molar-refractivity contribution in [1.82, 2.24) is 19.0 Å². The summed E-state index contributed by atoms with van der Waals surface area (Å²) in [5.74, 6) is 1.68. The molecule has 0 atom stereocenters. The first-order valence-corrected chi connectivity index (χ1v) is 13.0. The lowest BCUT2D eigenvalue weighted by Gasteiger charge is -2.29. The van der Waals surface area contributed by atoms with Crippen molar-refractivity contribution in [1.29, 1.82) is 0 Å². The minimum Gasteiger partial charge on any atom is -0.494 e. The van der Waals surface area contributed by atoms with Gasteiger partial charge >= 0.3 is 0 Å². The van der Waals surface area contributed by atoms with Gasteiger partial charge < -0.3 is 15.4 Å². The van der Waals surface area contributed by atoms with Crippen LogP contribution in [0.2, 0.25) is 0 Å². The maximum atomic E-state index is 13.4. The lowest BCUT2D eigenvalue weighted by atomic mass is 9.86. The first-order chi connectivity index (χ1) is 16.7. The smallest absolute Gasteiger partial charge is 0.278 e. The first kappa shape index (κ1) is 27.9. The third-order valence-corrected chi connectivity index (χ3v) is 7.72. The summed E-state index contributed by atoms with van der Waals surface area (Å²) in [5.41, 5.74) is 1.38. The molecule has 3 aromatic rings. The fourth-order valence-corrected chi connectivity index (χ4v) is 4.87. The molecule has 12 heteroatoms. The van der Waals surface area contributed by atoms with E-state index in [1.54, 1.807) is 19.2 Å². The summed E-state index contributed by atoms with van der Waals surface area (Å²) in [6, 6.07) is 11.9. The van der Waals surface area contributed by atoms with E-state index >= 15 is 0 Å². The Bertz CT molecular complexity index is 1270. The van der Waals surface area contributed by atoms with Gasteiger partial charge in [-0.05, 0) is 68.0 Å². The molecule has 1 aliphatic carbocycles. The van der Waals surface area contributed by atoms with Crippen molar-refractivity contribution in [3.8, 4) is 5.75 Å². The van der Waals surface area contributed by atoms with Crippen LogP contribution >= 0.6 is 12.4 Å². The number of ether oxygens (including phenoxy) is 1. The number of hydrogen-bond donors (Lipinski definition) is 3. The molecule has 1 saturated carbocycles. The quantitative estimate of drug-likeness (QED) is 0.372. The van der Waals surface area contributed by atoms with Crippen LogP contribution in [0, 0.1) is 11.7 Å². The number of nitrogens with zero attached hydrogens (tertiary/aromatic N) is 3. The Kier molecular flexibility index (Phi) is 9.29. The van der Waals surface area contributed by atoms with Crippen LogP contribution in [-0.2, 0) is 10.2 Å². The van der Waals surface area contributed by atoms with Gasteiger partial charge in [-0.2, -0.15) is 17.7 Å². The Morgan fingerprint density at radius 2 is 1.75 bits per heavy atom. The number of para-hydroxylation sites is 1. The van der Waals surface area contributed by atoms with Gasteiger partial charge in [0.05, 0.1) is 7.11 Å². The third-order valence-electron chi connectivity index (χ3n) is 6.23. The summed E-state index contributed by atoms with van der Waals surface area (Å²) in [6.07, 6.45) is 3.54. The average molecular weight is 539 g/mol. The Hall–Kier alpha value is -2.73. The Morgan fingerprint density at radius 3 is 2.39 bits per heavy atom. The van der Waals surface area contributed by atoms with Gasteiger partial charge in [0.15, 0.2) is 0 Å². The maximum absolute atomic E-state index is 13.4. The van der Waals surface area contributed by atoms with Gasteiger partial charge in [-0.15, -0.1) is 12.4 Å². The number of aromatic nitrogens is 2. The first-order valence-electron chi connectivity index (χ1n) is 11.6. The molecule has 0 spiro atoms. The van der Waals surface area contributed by atoms with Gasteiger partial charge in [0.2, 0.25) is 5.95 Å². The minimum atomic E-state index is -3.41. The molecule has 0 amide bonds. The van der Waals surface area contributed by atoms with Gasteiger partial charge in [-0.3, -0.25) is 0 Å². The maximum Gasteiger partial charge on any atom is 0.278 e. The number of hydrogen-bond acceptors (Lipinski definition) is 7. The van der Waals surface area contributed by atoms with Crippen LogP contribution in [0.1, 0.15) is 25.7 Å². The fourth-order valence-electron chi connectivity index (χ4n) is 4.17. The number of benzene rings is 2. The van der Waals surface area contributed by atoms with E-state index in [-0.39, 0.29) is 30.2 Å². The monoisotopic (exact) mass is 538 g/mol. The van der Waals surface area contributed by atoms with Crippen molar-refractivity contribution in [2.75, 3.05) is 38.4 Å². The minimum absolute atomic E-state index is 0. The number of halogens is 2. The number of methoxy groups -OCH3 is 1. The van der Waals surface area contributed by atoms with Crippen LogP contribution in [0.4, 0.5) is 21.8 Å². The molecule has 1 aromatic heterocycles. The largest absolute Gasteiger partial charge is 0.494 e. The molecule has 36 heavy (non-hydrogen) atoms. The molecule has 196 valence electrons. The highest BCUT2D eigenvalue weighted by atomic mass is 35.5. The second kappa shape index (κ2) is 12.0. The van der Waals surface area contributed by atoms with Crippen LogP contribution in [0.3, 0.4) is 0 Å². The Morgan fingerprint density at radius 1 is 1.06 bits per heavy atom. The molecule has 3 N–H and O–H groups in total. The zero-order valence-electron chi connectivity index (χ0n) is 20.5. The summed E-state index contributed by atoms with van der Waals surface area (Å²) in [5, 5.41) is 7.50. The average Bonchev–Trinajstić information content (AvgIpc) is 2.84. The lowest BCUT2D eigenvalue weighted by Crippen LogP contribution is -2.39. The summed E-state index contributed by atoms with van der Waals surface area (Å²) in [4.78, 5) is 9.43. The van der Waals surface area contributed by atoms with Crippen molar-refractivity contribution < 1.29 is 17.5 Å². The van der Waals surface area contributed by atoms with Crippen molar-refractivity contribution in [2.45, 2.75) is 31.7 Å². The van der Waals surface area contributed by atoms with Gasteiger partial charge in [-0.1, -0.05) is 6.07 Å². The number of anilines is 3. The van der Waals surface area contributed by atoms with Crippen LogP contribution in [-0.4, -0.2) is 56.5 Å². The molecule has 1 heterocycles. The standard InChI is InChI=1S/C24H31FN6O3S.ClH/c1-31(2)35(32,33)26-15-16-7-11-19(12-8-16)28-24-29-22-20(5-4-6-21(22)34-3)23(30-24)27-18-13-9-17(25)10-14-18;/h4-6,9-10,13-14,16,19,26H,7-8,11-12,15H2,1-3H3,(H2,27,28,29,30);1H. The molecule has 1 fully saturated rings. The number of nitrogens with one attached hydrogen (secondary N) is 3. The number of rotatable bonds is 9. The van der Waals surface area contributed by atoms with Crippen molar-refractivity contribution in [3.05, 3.63) is 48.3 Å². The van der Waals surface area contributed by atoms with Crippen LogP contribution in [0.15, 0.2) is 42.5 Å². The predicted octanol–water partition coefficient (Wildman–Crippen LogP) is 4.31. The molecule has 0 aliphatic heterocycles. The summed E-state index contributed by atoms with van der Waals surface area (Å²) in [6.45, 7) is 0.433. The van der Waals surface area contributed by atoms with Crippen LogP contribution in [0.25, 0.3) is 10.9 Å². The highest BCUT2D eigenvalue weighted by molar-refractivity contribution is 7.87. The molecule has 4 rings (SSSR count). The molecule has 0 radical (unpaired) electrons. The Balaban J connectivity index is 0.00000361. The number of fused-ring (bicyclic) bond motifs is 1. The predicted molar refractivity (Wildman–Crippen MR) is 143 cm³/mol. The summed E-state index contributed by atoms with van der Waals surface area (Å²) < 4.78 is 46.7. The molecule has 1 aliphatic rings. The van der Waals surface area contributed by atoms with Crippen LogP contribution in [0.5, 0.6) is 5.75 Å². The normalized spacial score (nSPS) is 18.0. The third kappa shape index (κ3) is 6.73. The van der Waals surface area contributed by atoms with E-state index in [0.29, 0.717) is 35.3 Å². The second-order valence-electron chi connectivity index (χ2n) is 8.88. The molecule has 2 aromatic carbocycles. The van der Waals surface area contributed by atoms with Crippen LogP contribution < -0.4 is 20.1 Å². The van der Waals surface area contributed by atoms with Crippen molar-refractivity contribution in [2.24, 2.45) is 5.92 Å². The topological polar surface area (TPSA) is 108 Å². The van der Waals surface area contributed by atoms with Gasteiger partial charge in [0.25, 0.3) is 10.2 Å². The molecular formula is C24H32ClFN6O3S. The van der Waals surface area contributed by atoms with E-state index in [9.17, 15) is 12.8 Å². The molecule has 0 unspecified atom stereocenters. The van der Waals surface area contributed by atoms with Crippen molar-refractivity contribution >= 4 is 51.0 Å². The van der Waals surface area contributed by atoms with E-state index < -0.39 is 10.2 Å². The summed E-state index contributed by atoms with van der Waals surface area (Å²) >= 11 is 0. The molecule has 9 nitrogen and oxygen atoms in total. The Labute approximate surface area is 217 Å². The second-order valence-corrected chi connectivity index (χ2v) is 10.9. The van der Waals surface area contributed by atoms with Gasteiger partial charge in [-0.25, -0.2) is 14.1 Å². The fraction of sp³-hybridized carbons (Fsp3) is 0.417. The van der Waals surface area contributed by atoms with Gasteiger partial charge in [0.1, 0.15) is 22.9 Å². The van der Waals surface area contributed by atoms with E-state index in [4.69, 9.17) is 14.7 Å². The molecule has 0 bridgehead atoms. The SMILES string of the molecule is COc1cccc2c(Nc3ccc(F)cc3)nc(NC3CCC(CNS(=O)(=O)N(C)C)CC3)nc12.Cl. The lowest BCUT2D eigenvalue weighted by molar-refractivity contribution is 0.334. The molecule has 0 saturated heterocycles. The summed E-state index contributed by atoms with van der Waals surface area (Å²) in [7, 11) is 1.22. The van der Waals surface area contributed by atoms with E-state index in [1.807, 2.05) is 18.2 Å². The highest BCUT2D eigenvalue weighted by Gasteiger charge is 2.24. The molecular weight excluding hydrogens is 507 g/mol. The van der Waals surface area contributed by atoms with Gasteiger partial charge in [0, 0.05) is 37.8 Å². The highest BCUT2D eigenvalue weighted by Crippen LogP contribution is 2.32. The van der Waals surface area contributed by atoms with E-state index in [1.165, 1.54) is 30.5 Å². The van der Waals surface area contributed by atoms with E-state index in [2.05, 4.69) is 15.4 Å². The zero-order chi connectivity index (χ0) is 25.0.